The third-order valence-corrected chi connectivity index (χ3v) is 5.81. The molecule has 1 N–H and O–H groups in total. The number of aromatic amines is 1. The van der Waals surface area contributed by atoms with E-state index in [1.54, 1.807) is 11.1 Å². The van der Waals surface area contributed by atoms with E-state index in [-0.39, 0.29) is 11.9 Å². The molecule has 31 heavy (non-hydrogen) atoms. The number of pyridine rings is 1. The van der Waals surface area contributed by atoms with Crippen molar-refractivity contribution in [3.05, 3.63) is 94.4 Å². The predicted molar refractivity (Wildman–Crippen MR) is 122 cm³/mol. The zero-order chi connectivity index (χ0) is 21.4. The summed E-state index contributed by atoms with van der Waals surface area (Å²) in [5, 5.41) is 7.48. The van der Waals surface area contributed by atoms with Gasteiger partial charge >= 0.3 is 0 Å². The van der Waals surface area contributed by atoms with Crippen LogP contribution in [0.4, 0.5) is 5.69 Å². The first-order chi connectivity index (χ1) is 15.2. The Morgan fingerprint density at radius 1 is 1.06 bits per heavy atom. The molecule has 0 aliphatic carbocycles. The van der Waals surface area contributed by atoms with Crippen molar-refractivity contribution in [2.45, 2.75) is 13.0 Å². The number of nitrogens with zero attached hydrogens (tertiary/aromatic N) is 3. The highest BCUT2D eigenvalue weighted by Gasteiger charge is 2.43. The summed E-state index contributed by atoms with van der Waals surface area (Å²) in [6.07, 6.45) is 1.74. The van der Waals surface area contributed by atoms with Crippen LogP contribution >= 0.6 is 15.9 Å². The zero-order valence-corrected chi connectivity index (χ0v) is 18.3. The Hall–Kier alpha value is -3.45. The number of rotatable bonds is 5. The van der Waals surface area contributed by atoms with Gasteiger partial charge in [-0.3, -0.25) is 19.8 Å². The molecule has 0 radical (unpaired) electrons. The zero-order valence-electron chi connectivity index (χ0n) is 16.7. The number of carbonyl (C=O) groups is 1. The van der Waals surface area contributed by atoms with Crippen molar-refractivity contribution in [2.24, 2.45) is 0 Å². The molecule has 0 saturated heterocycles. The first-order valence-electron chi connectivity index (χ1n) is 9.99. The number of nitrogens with one attached hydrogen (secondary N) is 1. The van der Waals surface area contributed by atoms with Gasteiger partial charge in [-0.15, -0.1) is 0 Å². The van der Waals surface area contributed by atoms with Gasteiger partial charge in [0.2, 0.25) is 0 Å². The highest BCUT2D eigenvalue weighted by atomic mass is 79.9. The Morgan fingerprint density at radius 2 is 1.84 bits per heavy atom. The van der Waals surface area contributed by atoms with Gasteiger partial charge < -0.3 is 4.74 Å². The lowest BCUT2D eigenvalue weighted by Gasteiger charge is -2.25. The molecule has 0 unspecified atom stereocenters. The van der Waals surface area contributed by atoms with E-state index in [1.165, 1.54) is 0 Å². The summed E-state index contributed by atoms with van der Waals surface area (Å²) in [4.78, 5) is 19.8. The number of ether oxygens (including phenoxy) is 1. The number of H-pyrrole nitrogens is 1. The van der Waals surface area contributed by atoms with Gasteiger partial charge in [-0.2, -0.15) is 5.10 Å². The van der Waals surface area contributed by atoms with Crippen LogP contribution in [-0.2, 0) is 0 Å². The van der Waals surface area contributed by atoms with Crippen LogP contribution in [-0.4, -0.2) is 27.7 Å². The Kier molecular flexibility index (Phi) is 5.03. The van der Waals surface area contributed by atoms with E-state index < -0.39 is 0 Å². The third-order valence-electron chi connectivity index (χ3n) is 5.28. The quantitative estimate of drug-likeness (QED) is 0.421. The third kappa shape index (κ3) is 3.41. The average Bonchev–Trinajstić information content (AvgIpc) is 3.35. The lowest BCUT2D eigenvalue weighted by molar-refractivity contribution is 0.0988. The number of amides is 1. The van der Waals surface area contributed by atoms with Gasteiger partial charge in [0.15, 0.2) is 0 Å². The summed E-state index contributed by atoms with van der Waals surface area (Å²) in [7, 11) is 0. The van der Waals surface area contributed by atoms with Crippen LogP contribution in [0.5, 0.6) is 5.75 Å². The molecule has 0 spiro atoms. The molecular formula is C24H19BrN4O2. The van der Waals surface area contributed by atoms with Crippen molar-refractivity contribution in [1.29, 1.82) is 0 Å². The first kappa shape index (κ1) is 19.5. The molecule has 7 heteroatoms. The van der Waals surface area contributed by atoms with Crippen molar-refractivity contribution in [3.63, 3.8) is 0 Å². The lowest BCUT2D eigenvalue weighted by Crippen LogP contribution is -2.29. The van der Waals surface area contributed by atoms with Crippen molar-refractivity contribution >= 4 is 27.5 Å². The second-order valence-corrected chi connectivity index (χ2v) is 8.04. The molecule has 3 heterocycles. The fourth-order valence-corrected chi connectivity index (χ4v) is 4.19. The molecule has 0 saturated carbocycles. The molecule has 4 aromatic rings. The van der Waals surface area contributed by atoms with Crippen LogP contribution in [0.1, 0.15) is 34.7 Å². The highest BCUT2D eigenvalue weighted by molar-refractivity contribution is 9.10. The number of halogens is 1. The Labute approximate surface area is 188 Å². The number of hydrogen-bond acceptors (Lipinski definition) is 4. The van der Waals surface area contributed by atoms with Gasteiger partial charge in [-0.25, -0.2) is 0 Å². The topological polar surface area (TPSA) is 71.1 Å². The molecule has 0 bridgehead atoms. The summed E-state index contributed by atoms with van der Waals surface area (Å²) in [6, 6.07) is 20.8. The highest BCUT2D eigenvalue weighted by Crippen LogP contribution is 2.44. The molecule has 1 aliphatic heterocycles. The SMILES string of the molecule is CCOc1ccc(-c2n[nH]c3c2[C@H](c2ccccn2)N(c2ccc(Br)cc2)C3=O)cc1. The first-order valence-corrected chi connectivity index (χ1v) is 10.8. The standard InChI is InChI=1S/C24H19BrN4O2/c1-2-31-18-12-6-15(7-13-18)21-20-22(28-27-21)24(30)29(17-10-8-16(25)9-11-17)23(20)19-5-3-4-14-26-19/h3-14,23H,2H2,1H3,(H,27,28)/t23-/m0/s1. The molecule has 1 aliphatic rings. The van der Waals surface area contributed by atoms with Crippen molar-refractivity contribution in [2.75, 3.05) is 11.5 Å². The van der Waals surface area contributed by atoms with Crippen molar-refractivity contribution < 1.29 is 9.53 Å². The average molecular weight is 475 g/mol. The number of benzene rings is 2. The van der Waals surface area contributed by atoms with Crippen molar-refractivity contribution in [1.82, 2.24) is 15.2 Å². The van der Waals surface area contributed by atoms with E-state index in [9.17, 15) is 4.79 Å². The minimum absolute atomic E-state index is 0.127. The van der Waals surface area contributed by atoms with Gasteiger partial charge in [0.25, 0.3) is 5.91 Å². The molecule has 2 aromatic heterocycles. The van der Waals surface area contributed by atoms with Gasteiger partial charge in [-0.05, 0) is 67.6 Å². The largest absolute Gasteiger partial charge is 0.494 e. The summed E-state index contributed by atoms with van der Waals surface area (Å²) in [5.74, 6) is 0.671. The number of aromatic nitrogens is 3. The molecule has 5 rings (SSSR count). The van der Waals surface area contributed by atoms with Crippen LogP contribution in [0, 0.1) is 0 Å². The molecule has 154 valence electrons. The van der Waals surface area contributed by atoms with E-state index in [0.29, 0.717) is 12.3 Å². The Balaban J connectivity index is 1.65. The fraction of sp³-hybridized carbons (Fsp3) is 0.125. The second-order valence-electron chi connectivity index (χ2n) is 7.13. The maximum absolute atomic E-state index is 13.4. The fourth-order valence-electron chi connectivity index (χ4n) is 3.93. The number of hydrogen-bond donors (Lipinski definition) is 1. The van der Waals surface area contributed by atoms with E-state index in [4.69, 9.17) is 4.74 Å². The van der Waals surface area contributed by atoms with E-state index in [0.717, 1.165) is 38.4 Å². The van der Waals surface area contributed by atoms with Crippen LogP contribution < -0.4 is 9.64 Å². The van der Waals surface area contributed by atoms with Gasteiger partial charge in [0.05, 0.1) is 18.0 Å². The summed E-state index contributed by atoms with van der Waals surface area (Å²) in [6.45, 7) is 2.56. The minimum atomic E-state index is -0.384. The number of fused-ring (bicyclic) bond motifs is 1. The molecule has 6 nitrogen and oxygen atoms in total. The monoisotopic (exact) mass is 474 g/mol. The summed E-state index contributed by atoms with van der Waals surface area (Å²) < 4.78 is 6.51. The maximum atomic E-state index is 13.4. The molecular weight excluding hydrogens is 456 g/mol. The van der Waals surface area contributed by atoms with Crippen LogP contribution in [0.2, 0.25) is 0 Å². The van der Waals surface area contributed by atoms with Crippen LogP contribution in [0.15, 0.2) is 77.4 Å². The normalized spacial score (nSPS) is 15.2. The molecule has 1 atom stereocenters. The van der Waals surface area contributed by atoms with Crippen molar-refractivity contribution in [3.8, 4) is 17.0 Å². The molecule has 0 fully saturated rings. The predicted octanol–water partition coefficient (Wildman–Crippen LogP) is 5.38. The molecule has 1 amide bonds. The van der Waals surface area contributed by atoms with Crippen LogP contribution in [0.25, 0.3) is 11.3 Å². The van der Waals surface area contributed by atoms with Crippen LogP contribution in [0.3, 0.4) is 0 Å². The lowest BCUT2D eigenvalue weighted by atomic mass is 9.99. The summed E-state index contributed by atoms with van der Waals surface area (Å²) in [5.41, 5.74) is 4.55. The number of anilines is 1. The van der Waals surface area contributed by atoms with Gasteiger partial charge in [0.1, 0.15) is 17.5 Å². The maximum Gasteiger partial charge on any atom is 0.277 e. The van der Waals surface area contributed by atoms with E-state index >= 15 is 0 Å². The second kappa shape index (κ2) is 8.00. The minimum Gasteiger partial charge on any atom is -0.494 e. The van der Waals surface area contributed by atoms with Gasteiger partial charge in [0, 0.05) is 27.5 Å². The summed E-state index contributed by atoms with van der Waals surface area (Å²) >= 11 is 3.47. The van der Waals surface area contributed by atoms with E-state index in [2.05, 4.69) is 31.1 Å². The van der Waals surface area contributed by atoms with E-state index in [1.807, 2.05) is 73.7 Å². The smallest absolute Gasteiger partial charge is 0.277 e. The number of carbonyl (C=O) groups excluding carboxylic acids is 1. The van der Waals surface area contributed by atoms with Gasteiger partial charge in [-0.1, -0.05) is 22.0 Å². The Morgan fingerprint density at radius 3 is 2.52 bits per heavy atom. The molecule has 2 aromatic carbocycles. The Bertz CT molecular complexity index is 1220.